The normalized spacial score (nSPS) is 12.9. The zero-order valence-electron chi connectivity index (χ0n) is 14.5. The van der Waals surface area contributed by atoms with Crippen molar-refractivity contribution in [3.8, 4) is 11.8 Å². The van der Waals surface area contributed by atoms with Crippen LogP contribution in [0.2, 0.25) is 0 Å². The number of fused-ring (bicyclic) bond motifs is 1. The van der Waals surface area contributed by atoms with E-state index in [2.05, 4.69) is 16.2 Å². The van der Waals surface area contributed by atoms with E-state index in [4.69, 9.17) is 14.5 Å². The average molecular weight is 360 g/mol. The molecule has 7 nitrogen and oxygen atoms in total. The van der Waals surface area contributed by atoms with Gasteiger partial charge in [-0.1, -0.05) is 11.2 Å². The molecule has 0 atom stereocenters. The summed E-state index contributed by atoms with van der Waals surface area (Å²) in [6.07, 6.45) is 3.90. The number of benzene rings is 1. The fourth-order valence-corrected chi connectivity index (χ4v) is 3.04. The van der Waals surface area contributed by atoms with Crippen molar-refractivity contribution in [3.63, 3.8) is 0 Å². The molecule has 0 fully saturated rings. The van der Waals surface area contributed by atoms with Gasteiger partial charge >= 0.3 is 0 Å². The molecule has 7 heteroatoms. The number of carbonyl (C=O) groups is 1. The average Bonchev–Trinajstić information content (AvgIpc) is 3.14. The van der Waals surface area contributed by atoms with Crippen molar-refractivity contribution < 1.29 is 14.1 Å². The van der Waals surface area contributed by atoms with Crippen molar-refractivity contribution in [3.05, 3.63) is 76.9 Å². The number of nitriles is 1. The molecule has 1 aliphatic rings. The first-order valence-electron chi connectivity index (χ1n) is 8.53. The third kappa shape index (κ3) is 3.51. The maximum atomic E-state index is 12.8. The van der Waals surface area contributed by atoms with Crippen LogP contribution in [0.3, 0.4) is 0 Å². The SMILES string of the molecule is N#Cc1cccc(C(=O)N2CCc3onc(COc4cccnc4)c3C2)c1. The van der Waals surface area contributed by atoms with E-state index < -0.39 is 0 Å². The molecule has 0 radical (unpaired) electrons. The summed E-state index contributed by atoms with van der Waals surface area (Å²) in [7, 11) is 0. The summed E-state index contributed by atoms with van der Waals surface area (Å²) in [5, 5.41) is 13.1. The molecule has 4 rings (SSSR count). The molecule has 0 N–H and O–H groups in total. The van der Waals surface area contributed by atoms with Gasteiger partial charge in [0, 0.05) is 30.3 Å². The second-order valence-electron chi connectivity index (χ2n) is 6.18. The quantitative estimate of drug-likeness (QED) is 0.710. The Morgan fingerprint density at radius 2 is 2.26 bits per heavy atom. The zero-order valence-corrected chi connectivity index (χ0v) is 14.5. The number of hydrogen-bond acceptors (Lipinski definition) is 6. The van der Waals surface area contributed by atoms with Crippen LogP contribution in [0.25, 0.3) is 0 Å². The Morgan fingerprint density at radius 1 is 1.33 bits per heavy atom. The first kappa shape index (κ1) is 16.8. The van der Waals surface area contributed by atoms with Gasteiger partial charge in [-0.05, 0) is 30.3 Å². The van der Waals surface area contributed by atoms with E-state index in [0.717, 1.165) is 11.3 Å². The van der Waals surface area contributed by atoms with Crippen LogP contribution in [-0.2, 0) is 19.6 Å². The van der Waals surface area contributed by atoms with Gasteiger partial charge < -0.3 is 14.2 Å². The first-order chi connectivity index (χ1) is 13.2. The van der Waals surface area contributed by atoms with E-state index in [-0.39, 0.29) is 12.5 Å². The van der Waals surface area contributed by atoms with Gasteiger partial charge in [0.2, 0.25) is 0 Å². The van der Waals surface area contributed by atoms with Gasteiger partial charge in [-0.15, -0.1) is 0 Å². The van der Waals surface area contributed by atoms with Crippen molar-refractivity contribution in [2.45, 2.75) is 19.6 Å². The van der Waals surface area contributed by atoms with E-state index in [0.29, 0.717) is 42.1 Å². The summed E-state index contributed by atoms with van der Waals surface area (Å²) < 4.78 is 11.1. The van der Waals surface area contributed by atoms with Crippen LogP contribution in [0.4, 0.5) is 0 Å². The Kier molecular flexibility index (Phi) is 4.54. The predicted molar refractivity (Wildman–Crippen MR) is 94.7 cm³/mol. The van der Waals surface area contributed by atoms with E-state index >= 15 is 0 Å². The number of pyridine rings is 1. The third-order valence-electron chi connectivity index (χ3n) is 4.44. The maximum absolute atomic E-state index is 12.8. The summed E-state index contributed by atoms with van der Waals surface area (Å²) in [6.45, 7) is 1.19. The van der Waals surface area contributed by atoms with E-state index in [1.165, 1.54) is 0 Å². The highest BCUT2D eigenvalue weighted by atomic mass is 16.5. The highest BCUT2D eigenvalue weighted by Crippen LogP contribution is 2.25. The fourth-order valence-electron chi connectivity index (χ4n) is 3.04. The van der Waals surface area contributed by atoms with Crippen molar-refractivity contribution in [2.75, 3.05) is 6.54 Å². The summed E-state index contributed by atoms with van der Waals surface area (Å²) in [5.74, 6) is 1.32. The summed E-state index contributed by atoms with van der Waals surface area (Å²) >= 11 is 0. The molecule has 134 valence electrons. The van der Waals surface area contributed by atoms with Crippen LogP contribution in [0.15, 0.2) is 53.3 Å². The van der Waals surface area contributed by atoms with E-state index in [1.54, 1.807) is 47.6 Å². The molecule has 0 spiro atoms. The lowest BCUT2D eigenvalue weighted by Crippen LogP contribution is -2.36. The molecule has 2 aromatic heterocycles. The van der Waals surface area contributed by atoms with Crippen LogP contribution >= 0.6 is 0 Å². The number of nitrogens with zero attached hydrogens (tertiary/aromatic N) is 4. The lowest BCUT2D eigenvalue weighted by atomic mass is 10.0. The van der Waals surface area contributed by atoms with Gasteiger partial charge in [0.1, 0.15) is 23.8 Å². The third-order valence-corrected chi connectivity index (χ3v) is 4.44. The van der Waals surface area contributed by atoms with Crippen LogP contribution in [-0.4, -0.2) is 27.5 Å². The monoisotopic (exact) mass is 360 g/mol. The molecule has 0 saturated carbocycles. The topological polar surface area (TPSA) is 92.2 Å². The van der Waals surface area contributed by atoms with Crippen LogP contribution in [0.5, 0.6) is 5.75 Å². The van der Waals surface area contributed by atoms with Gasteiger partial charge in [0.25, 0.3) is 5.91 Å². The lowest BCUT2D eigenvalue weighted by Gasteiger charge is -2.26. The minimum atomic E-state index is -0.113. The maximum Gasteiger partial charge on any atom is 0.254 e. The van der Waals surface area contributed by atoms with Gasteiger partial charge in [0.05, 0.1) is 24.4 Å². The minimum Gasteiger partial charge on any atom is -0.486 e. The van der Waals surface area contributed by atoms with Gasteiger partial charge in [0.15, 0.2) is 0 Å². The molecule has 0 aliphatic carbocycles. The number of rotatable bonds is 4. The van der Waals surface area contributed by atoms with Gasteiger partial charge in [-0.3, -0.25) is 9.78 Å². The standard InChI is InChI=1S/C20H16N4O3/c21-10-14-3-1-4-15(9-14)20(25)24-8-6-19-17(12-24)18(23-27-19)13-26-16-5-2-7-22-11-16/h1-5,7,9,11H,6,8,12-13H2. The van der Waals surface area contributed by atoms with Gasteiger partial charge in [-0.2, -0.15) is 5.26 Å². The smallest absolute Gasteiger partial charge is 0.254 e. The molecule has 1 aliphatic heterocycles. The predicted octanol–water partition coefficient (Wildman–Crippen LogP) is 2.72. The second-order valence-corrected chi connectivity index (χ2v) is 6.18. The van der Waals surface area contributed by atoms with Crippen LogP contribution < -0.4 is 4.74 Å². The van der Waals surface area contributed by atoms with Crippen molar-refractivity contribution in [2.24, 2.45) is 0 Å². The number of ether oxygens (including phenoxy) is 1. The molecular formula is C20H16N4O3. The largest absolute Gasteiger partial charge is 0.486 e. The molecule has 3 heterocycles. The molecule has 1 aromatic carbocycles. The molecule has 0 bridgehead atoms. The molecule has 0 saturated heterocycles. The number of carbonyl (C=O) groups excluding carboxylic acids is 1. The summed E-state index contributed by atoms with van der Waals surface area (Å²) in [5.41, 5.74) is 2.53. The van der Waals surface area contributed by atoms with Crippen molar-refractivity contribution in [1.29, 1.82) is 5.26 Å². The van der Waals surface area contributed by atoms with Crippen molar-refractivity contribution >= 4 is 5.91 Å². The van der Waals surface area contributed by atoms with Gasteiger partial charge in [-0.25, -0.2) is 0 Å². The number of amides is 1. The summed E-state index contributed by atoms with van der Waals surface area (Å²) in [4.78, 5) is 18.6. The zero-order chi connectivity index (χ0) is 18.6. The highest BCUT2D eigenvalue weighted by Gasteiger charge is 2.27. The number of aromatic nitrogens is 2. The Morgan fingerprint density at radius 3 is 3.07 bits per heavy atom. The number of hydrogen-bond donors (Lipinski definition) is 0. The minimum absolute atomic E-state index is 0.113. The Bertz CT molecular complexity index is 1010. The Balaban J connectivity index is 1.50. The fraction of sp³-hybridized carbons (Fsp3) is 0.200. The van der Waals surface area contributed by atoms with E-state index in [1.807, 2.05) is 6.07 Å². The van der Waals surface area contributed by atoms with E-state index in [9.17, 15) is 4.79 Å². The van der Waals surface area contributed by atoms with Crippen molar-refractivity contribution in [1.82, 2.24) is 15.0 Å². The molecular weight excluding hydrogens is 344 g/mol. The lowest BCUT2D eigenvalue weighted by molar-refractivity contribution is 0.0728. The van der Waals surface area contributed by atoms with Crippen LogP contribution in [0, 0.1) is 11.3 Å². The second kappa shape index (κ2) is 7.30. The molecule has 1 amide bonds. The molecule has 3 aromatic rings. The Hall–Kier alpha value is -3.66. The molecule has 0 unspecified atom stereocenters. The first-order valence-corrected chi connectivity index (χ1v) is 8.53. The highest BCUT2D eigenvalue weighted by molar-refractivity contribution is 5.94. The Labute approximate surface area is 155 Å². The molecule has 27 heavy (non-hydrogen) atoms. The van der Waals surface area contributed by atoms with Crippen LogP contribution in [0.1, 0.15) is 32.9 Å². The summed E-state index contributed by atoms with van der Waals surface area (Å²) in [6, 6.07) is 12.4.